The molecule has 104 valence electrons. The molecule has 0 saturated carbocycles. The molecule has 2 aromatic heterocycles. The summed E-state index contributed by atoms with van der Waals surface area (Å²) in [7, 11) is 3.96. The van der Waals surface area contributed by atoms with E-state index < -0.39 is 0 Å². The number of aromatic nitrogens is 4. The molecule has 19 heavy (non-hydrogen) atoms. The van der Waals surface area contributed by atoms with Crippen LogP contribution in [0.5, 0.6) is 0 Å². The standard InChI is InChI=1S/C13H20ClN5/c1-5-9(6-2)18(3)8-11-16-12(14)10-7-15-19(4)13(10)17-11/h7,9H,5-6,8H2,1-4H3. The zero-order chi connectivity index (χ0) is 14.0. The van der Waals surface area contributed by atoms with Crippen molar-refractivity contribution in [1.29, 1.82) is 0 Å². The first-order chi connectivity index (χ1) is 9.06. The molecule has 5 nitrogen and oxygen atoms in total. The third-order valence-electron chi connectivity index (χ3n) is 3.55. The third kappa shape index (κ3) is 2.87. The van der Waals surface area contributed by atoms with Gasteiger partial charge in [-0.2, -0.15) is 5.10 Å². The van der Waals surface area contributed by atoms with Crippen molar-refractivity contribution in [3.8, 4) is 0 Å². The quantitative estimate of drug-likeness (QED) is 0.791. The van der Waals surface area contributed by atoms with Crippen LogP contribution in [0.2, 0.25) is 5.15 Å². The molecular weight excluding hydrogens is 262 g/mol. The molecule has 2 aromatic rings. The lowest BCUT2D eigenvalue weighted by atomic mass is 10.1. The molecule has 0 saturated heterocycles. The Hall–Kier alpha value is -1.20. The van der Waals surface area contributed by atoms with Crippen molar-refractivity contribution in [2.75, 3.05) is 7.05 Å². The Labute approximate surface area is 118 Å². The first-order valence-corrected chi connectivity index (χ1v) is 6.98. The van der Waals surface area contributed by atoms with Crippen LogP contribution in [0.25, 0.3) is 11.0 Å². The highest BCUT2D eigenvalue weighted by Crippen LogP contribution is 2.20. The van der Waals surface area contributed by atoms with E-state index in [2.05, 4.69) is 40.9 Å². The molecule has 0 spiro atoms. The average Bonchev–Trinajstić information content (AvgIpc) is 2.73. The second kappa shape index (κ2) is 5.84. The van der Waals surface area contributed by atoms with Gasteiger partial charge in [0.25, 0.3) is 0 Å². The van der Waals surface area contributed by atoms with Gasteiger partial charge in [0, 0.05) is 13.1 Å². The van der Waals surface area contributed by atoms with Gasteiger partial charge in [0.2, 0.25) is 0 Å². The maximum absolute atomic E-state index is 6.18. The minimum atomic E-state index is 0.478. The van der Waals surface area contributed by atoms with E-state index >= 15 is 0 Å². The molecule has 0 aliphatic heterocycles. The second-order valence-corrected chi connectivity index (χ2v) is 5.18. The van der Waals surface area contributed by atoms with E-state index in [1.54, 1.807) is 10.9 Å². The van der Waals surface area contributed by atoms with E-state index in [1.807, 2.05) is 7.05 Å². The van der Waals surface area contributed by atoms with Gasteiger partial charge in [-0.15, -0.1) is 0 Å². The summed E-state index contributed by atoms with van der Waals surface area (Å²) >= 11 is 6.18. The SMILES string of the molecule is CCC(CC)N(C)Cc1nc(Cl)c2cnn(C)c2n1. The highest BCUT2D eigenvalue weighted by molar-refractivity contribution is 6.33. The highest BCUT2D eigenvalue weighted by atomic mass is 35.5. The van der Waals surface area contributed by atoms with Crippen molar-refractivity contribution >= 4 is 22.6 Å². The summed E-state index contributed by atoms with van der Waals surface area (Å²) in [5.41, 5.74) is 0.785. The minimum absolute atomic E-state index is 0.478. The van der Waals surface area contributed by atoms with Crippen LogP contribution in [0, 0.1) is 0 Å². The van der Waals surface area contributed by atoms with Gasteiger partial charge in [0.15, 0.2) is 5.65 Å². The van der Waals surface area contributed by atoms with E-state index in [-0.39, 0.29) is 0 Å². The van der Waals surface area contributed by atoms with Crippen LogP contribution >= 0.6 is 11.6 Å². The topological polar surface area (TPSA) is 46.8 Å². The van der Waals surface area contributed by atoms with Crippen molar-refractivity contribution in [2.45, 2.75) is 39.3 Å². The Morgan fingerprint density at radius 1 is 1.32 bits per heavy atom. The van der Waals surface area contributed by atoms with E-state index in [0.29, 0.717) is 17.7 Å². The van der Waals surface area contributed by atoms with E-state index in [0.717, 1.165) is 29.7 Å². The average molecular weight is 282 g/mol. The number of halogens is 1. The van der Waals surface area contributed by atoms with Crippen LogP contribution < -0.4 is 0 Å². The molecule has 0 amide bonds. The monoisotopic (exact) mass is 281 g/mol. The molecule has 0 bridgehead atoms. The summed E-state index contributed by atoms with van der Waals surface area (Å²) in [5, 5.41) is 5.44. The third-order valence-corrected chi connectivity index (χ3v) is 3.84. The Morgan fingerprint density at radius 2 is 2.00 bits per heavy atom. The molecule has 6 heteroatoms. The zero-order valence-corrected chi connectivity index (χ0v) is 12.6. The fraction of sp³-hybridized carbons (Fsp3) is 0.615. The number of aryl methyl sites for hydroxylation is 1. The Balaban J connectivity index is 2.28. The fourth-order valence-corrected chi connectivity index (χ4v) is 2.60. The van der Waals surface area contributed by atoms with Gasteiger partial charge in [-0.05, 0) is 19.9 Å². The van der Waals surface area contributed by atoms with E-state index in [4.69, 9.17) is 11.6 Å². The summed E-state index contributed by atoms with van der Waals surface area (Å²) in [6, 6.07) is 0.546. The Bertz CT molecular complexity index is 561. The maximum atomic E-state index is 6.18. The van der Waals surface area contributed by atoms with Gasteiger partial charge in [0.05, 0.1) is 18.1 Å². The summed E-state index contributed by atoms with van der Waals surface area (Å²) in [6.07, 6.45) is 3.94. The number of rotatable bonds is 5. The largest absolute Gasteiger partial charge is 0.296 e. The van der Waals surface area contributed by atoms with Crippen molar-refractivity contribution in [3.05, 3.63) is 17.2 Å². The highest BCUT2D eigenvalue weighted by Gasteiger charge is 2.15. The van der Waals surface area contributed by atoms with Crippen LogP contribution in [0.4, 0.5) is 0 Å². The lowest BCUT2D eigenvalue weighted by Gasteiger charge is -2.25. The van der Waals surface area contributed by atoms with Crippen LogP contribution in [0.1, 0.15) is 32.5 Å². The lowest BCUT2D eigenvalue weighted by Crippen LogP contribution is -2.30. The maximum Gasteiger partial charge on any atom is 0.162 e. The number of nitrogens with zero attached hydrogens (tertiary/aromatic N) is 5. The molecule has 0 N–H and O–H groups in total. The molecule has 2 rings (SSSR count). The minimum Gasteiger partial charge on any atom is -0.296 e. The van der Waals surface area contributed by atoms with E-state index in [9.17, 15) is 0 Å². The van der Waals surface area contributed by atoms with Crippen LogP contribution in [-0.4, -0.2) is 37.7 Å². The van der Waals surface area contributed by atoms with Gasteiger partial charge in [-0.1, -0.05) is 25.4 Å². The zero-order valence-electron chi connectivity index (χ0n) is 11.9. The summed E-state index contributed by atoms with van der Waals surface area (Å²) in [4.78, 5) is 11.2. The predicted octanol–water partition coefficient (Wildman–Crippen LogP) is 2.64. The first kappa shape index (κ1) is 14.2. The van der Waals surface area contributed by atoms with Crippen molar-refractivity contribution in [2.24, 2.45) is 7.05 Å². The summed E-state index contributed by atoms with van der Waals surface area (Å²) in [6.45, 7) is 5.10. The lowest BCUT2D eigenvalue weighted by molar-refractivity contribution is 0.217. The molecule has 0 aliphatic carbocycles. The van der Waals surface area contributed by atoms with Crippen molar-refractivity contribution < 1.29 is 0 Å². The molecule has 2 heterocycles. The second-order valence-electron chi connectivity index (χ2n) is 4.82. The summed E-state index contributed by atoms with van der Waals surface area (Å²) < 4.78 is 1.73. The predicted molar refractivity (Wildman–Crippen MR) is 77.2 cm³/mol. The van der Waals surface area contributed by atoms with Crippen molar-refractivity contribution in [3.63, 3.8) is 0 Å². The van der Waals surface area contributed by atoms with Gasteiger partial charge < -0.3 is 0 Å². The van der Waals surface area contributed by atoms with Crippen molar-refractivity contribution in [1.82, 2.24) is 24.6 Å². The number of hydrogen-bond acceptors (Lipinski definition) is 4. The Kier molecular flexibility index (Phi) is 4.37. The molecular formula is C13H20ClN5. The first-order valence-electron chi connectivity index (χ1n) is 6.61. The van der Waals surface area contributed by atoms with E-state index in [1.165, 1.54) is 0 Å². The van der Waals surface area contributed by atoms with Gasteiger partial charge in [-0.25, -0.2) is 9.97 Å². The molecule has 0 unspecified atom stereocenters. The van der Waals surface area contributed by atoms with Gasteiger partial charge in [0.1, 0.15) is 11.0 Å². The molecule has 0 radical (unpaired) electrons. The number of fused-ring (bicyclic) bond motifs is 1. The molecule has 0 atom stereocenters. The summed E-state index contributed by atoms with van der Waals surface area (Å²) in [5.74, 6) is 0.746. The van der Waals surface area contributed by atoms with Crippen LogP contribution in [0.3, 0.4) is 0 Å². The Morgan fingerprint density at radius 3 is 2.63 bits per heavy atom. The number of hydrogen-bond donors (Lipinski definition) is 0. The normalized spacial score (nSPS) is 11.9. The van der Waals surface area contributed by atoms with Crippen LogP contribution in [0.15, 0.2) is 6.20 Å². The molecule has 0 fully saturated rings. The molecule has 0 aromatic carbocycles. The smallest absolute Gasteiger partial charge is 0.162 e. The van der Waals surface area contributed by atoms with Crippen LogP contribution in [-0.2, 0) is 13.6 Å². The fourth-order valence-electron chi connectivity index (χ4n) is 2.36. The van der Waals surface area contributed by atoms with Gasteiger partial charge in [-0.3, -0.25) is 9.58 Å². The molecule has 0 aliphatic rings. The van der Waals surface area contributed by atoms with Gasteiger partial charge >= 0.3 is 0 Å².